The predicted octanol–water partition coefficient (Wildman–Crippen LogP) is 5.03. The second kappa shape index (κ2) is 9.52. The molecule has 0 fully saturated rings. The summed E-state index contributed by atoms with van der Waals surface area (Å²) in [6.07, 6.45) is 0.849. The Labute approximate surface area is 168 Å². The van der Waals surface area contributed by atoms with E-state index in [2.05, 4.69) is 21.7 Å². The van der Waals surface area contributed by atoms with Crippen LogP contribution in [0.1, 0.15) is 35.2 Å². The number of rotatable bonds is 9. The second-order valence-electron chi connectivity index (χ2n) is 6.23. The highest BCUT2D eigenvalue weighted by Gasteiger charge is 2.13. The topological polar surface area (TPSA) is 70.8 Å². The van der Waals surface area contributed by atoms with Crippen LogP contribution in [-0.4, -0.2) is 17.6 Å². The Morgan fingerprint density at radius 1 is 1.14 bits per heavy atom. The number of benzene rings is 1. The zero-order valence-electron chi connectivity index (χ0n) is 16.2. The van der Waals surface area contributed by atoms with Gasteiger partial charge in [0.05, 0.1) is 17.9 Å². The summed E-state index contributed by atoms with van der Waals surface area (Å²) >= 11 is 1.65. The lowest BCUT2D eigenvalue weighted by Gasteiger charge is -2.06. The van der Waals surface area contributed by atoms with E-state index in [-0.39, 0.29) is 12.4 Å². The average molecular weight is 401 g/mol. The number of thiophene rings is 1. The maximum atomic E-state index is 11.5. The van der Waals surface area contributed by atoms with Crippen molar-refractivity contribution in [3.8, 4) is 16.5 Å². The van der Waals surface area contributed by atoms with Crippen LogP contribution in [0, 0.1) is 13.8 Å². The highest BCUT2D eigenvalue weighted by Crippen LogP contribution is 2.29. The third-order valence-electron chi connectivity index (χ3n) is 4.03. The average Bonchev–Trinajstić information content (AvgIpc) is 3.29. The fourth-order valence-corrected chi connectivity index (χ4v) is 3.33. The molecule has 0 unspecified atom stereocenters. The highest BCUT2D eigenvalue weighted by molar-refractivity contribution is 7.15. The first-order chi connectivity index (χ1) is 13.5. The molecule has 0 aliphatic rings. The highest BCUT2D eigenvalue weighted by atomic mass is 32.1. The normalized spacial score (nSPS) is 10.8. The van der Waals surface area contributed by atoms with E-state index in [4.69, 9.17) is 9.15 Å². The first-order valence-electron chi connectivity index (χ1n) is 9.12. The first-order valence-corrected chi connectivity index (χ1v) is 9.94. The van der Waals surface area contributed by atoms with Gasteiger partial charge in [0.15, 0.2) is 0 Å². The molecule has 0 aliphatic carbocycles. The fraction of sp³-hybridized carbons (Fsp3) is 0.333. The maximum absolute atomic E-state index is 11.5. The van der Waals surface area contributed by atoms with Gasteiger partial charge < -0.3 is 9.15 Å². The second-order valence-corrected chi connectivity index (χ2v) is 7.51. The quantitative estimate of drug-likeness (QED) is 0.370. The van der Waals surface area contributed by atoms with E-state index in [1.165, 1.54) is 4.88 Å². The van der Waals surface area contributed by atoms with Crippen molar-refractivity contribution in [3.63, 3.8) is 0 Å². The number of carbonyl (C=O) groups is 1. The number of nitrogens with zero attached hydrogens (tertiary/aromatic N) is 1. The van der Waals surface area contributed by atoms with Crippen LogP contribution in [0.3, 0.4) is 0 Å². The van der Waals surface area contributed by atoms with Crippen LogP contribution < -0.4 is 4.74 Å². The Hall–Kier alpha value is -2.64. The molecule has 3 rings (SSSR count). The number of carbonyl (C=O) groups excluding carboxylic acids is 1. The van der Waals surface area contributed by atoms with Gasteiger partial charge in [-0.1, -0.05) is 12.1 Å². The Balaban J connectivity index is 1.52. The molecule has 6 nitrogen and oxygen atoms in total. The standard InChI is InChI=1S/C21H23NO5S/c1-4-25-27-20(23)12-8-16-6-9-17(10-7-16)24-13-18-15(3)26-21(22-18)19-11-5-14(2)28-19/h5-7,9-11H,4,8,12-13H2,1-3H3. The Morgan fingerprint density at radius 3 is 2.61 bits per heavy atom. The molecule has 28 heavy (non-hydrogen) atoms. The Morgan fingerprint density at radius 2 is 1.93 bits per heavy atom. The van der Waals surface area contributed by atoms with Crippen molar-refractivity contribution in [2.24, 2.45) is 0 Å². The van der Waals surface area contributed by atoms with Gasteiger partial charge in [0.25, 0.3) is 0 Å². The van der Waals surface area contributed by atoms with Gasteiger partial charge in [-0.05, 0) is 57.0 Å². The molecule has 0 amide bonds. The summed E-state index contributed by atoms with van der Waals surface area (Å²) in [5.41, 5.74) is 1.80. The molecule has 0 atom stereocenters. The largest absolute Gasteiger partial charge is 0.487 e. The van der Waals surface area contributed by atoms with Crippen molar-refractivity contribution in [1.29, 1.82) is 0 Å². The van der Waals surface area contributed by atoms with Crippen LogP contribution in [0.15, 0.2) is 40.8 Å². The summed E-state index contributed by atoms with van der Waals surface area (Å²) in [6.45, 7) is 6.38. The van der Waals surface area contributed by atoms with E-state index in [0.29, 0.717) is 25.5 Å². The van der Waals surface area contributed by atoms with E-state index in [9.17, 15) is 4.79 Å². The molecular weight excluding hydrogens is 378 g/mol. The number of hydrogen-bond acceptors (Lipinski definition) is 7. The smallest absolute Gasteiger partial charge is 0.342 e. The molecule has 0 aliphatic heterocycles. The van der Waals surface area contributed by atoms with Gasteiger partial charge >= 0.3 is 5.97 Å². The third-order valence-corrected chi connectivity index (χ3v) is 5.02. The van der Waals surface area contributed by atoms with Gasteiger partial charge in [0.2, 0.25) is 5.89 Å². The molecule has 148 valence electrons. The Bertz CT molecular complexity index is 913. The summed E-state index contributed by atoms with van der Waals surface area (Å²) in [6, 6.07) is 11.7. The van der Waals surface area contributed by atoms with E-state index in [1.54, 1.807) is 18.3 Å². The number of aromatic nitrogens is 1. The van der Waals surface area contributed by atoms with Gasteiger partial charge in [-0.15, -0.1) is 11.3 Å². The first kappa shape index (κ1) is 20.1. The van der Waals surface area contributed by atoms with Gasteiger partial charge in [0.1, 0.15) is 23.8 Å². The number of hydrogen-bond donors (Lipinski definition) is 0. The number of oxazole rings is 1. The van der Waals surface area contributed by atoms with E-state index >= 15 is 0 Å². The lowest BCUT2D eigenvalue weighted by Crippen LogP contribution is -2.06. The predicted molar refractivity (Wildman–Crippen MR) is 106 cm³/mol. The molecule has 0 bridgehead atoms. The molecule has 0 saturated carbocycles. The summed E-state index contributed by atoms with van der Waals surface area (Å²) in [5.74, 6) is 1.74. The van der Waals surface area contributed by atoms with Crippen molar-refractivity contribution in [3.05, 3.63) is 58.3 Å². The lowest BCUT2D eigenvalue weighted by atomic mass is 10.1. The zero-order chi connectivity index (χ0) is 19.9. The minimum Gasteiger partial charge on any atom is -0.487 e. The van der Waals surface area contributed by atoms with Crippen molar-refractivity contribution in [2.75, 3.05) is 6.61 Å². The molecule has 2 heterocycles. The molecule has 0 spiro atoms. The van der Waals surface area contributed by atoms with Crippen molar-refractivity contribution in [1.82, 2.24) is 4.98 Å². The number of ether oxygens (including phenoxy) is 1. The summed E-state index contributed by atoms with van der Waals surface area (Å²) < 4.78 is 11.6. The number of aryl methyl sites for hydroxylation is 3. The third kappa shape index (κ3) is 5.43. The SMILES string of the molecule is CCOOC(=O)CCc1ccc(OCc2nc(-c3ccc(C)s3)oc2C)cc1. The van der Waals surface area contributed by atoms with Crippen LogP contribution in [0.2, 0.25) is 0 Å². The van der Waals surface area contributed by atoms with Crippen LogP contribution >= 0.6 is 11.3 Å². The Kier molecular flexibility index (Phi) is 6.84. The molecule has 7 heteroatoms. The maximum Gasteiger partial charge on any atom is 0.342 e. The summed E-state index contributed by atoms with van der Waals surface area (Å²) in [7, 11) is 0. The van der Waals surface area contributed by atoms with Gasteiger partial charge in [0, 0.05) is 4.88 Å². The van der Waals surface area contributed by atoms with Crippen LogP contribution in [0.5, 0.6) is 5.75 Å². The molecule has 0 radical (unpaired) electrons. The summed E-state index contributed by atoms with van der Waals surface area (Å²) in [4.78, 5) is 27.5. The minimum absolute atomic E-state index is 0.267. The monoisotopic (exact) mass is 401 g/mol. The van der Waals surface area contributed by atoms with Crippen LogP contribution in [0.4, 0.5) is 0 Å². The van der Waals surface area contributed by atoms with Crippen LogP contribution in [-0.2, 0) is 27.6 Å². The van der Waals surface area contributed by atoms with Crippen molar-refractivity contribution < 1.29 is 23.7 Å². The van der Waals surface area contributed by atoms with Gasteiger partial charge in [-0.25, -0.2) is 9.78 Å². The van der Waals surface area contributed by atoms with Crippen molar-refractivity contribution >= 4 is 17.3 Å². The molecule has 0 N–H and O–H groups in total. The van der Waals surface area contributed by atoms with Crippen molar-refractivity contribution in [2.45, 2.75) is 40.2 Å². The molecule has 3 aromatic rings. The van der Waals surface area contributed by atoms with E-state index < -0.39 is 0 Å². The minimum atomic E-state index is -0.375. The van der Waals surface area contributed by atoms with Crippen LogP contribution in [0.25, 0.3) is 10.8 Å². The molecule has 2 aromatic heterocycles. The van der Waals surface area contributed by atoms with Gasteiger partial charge in [-0.2, -0.15) is 4.89 Å². The van der Waals surface area contributed by atoms with Gasteiger partial charge in [-0.3, -0.25) is 4.89 Å². The van der Waals surface area contributed by atoms with E-state index in [0.717, 1.165) is 27.6 Å². The van der Waals surface area contributed by atoms with E-state index in [1.807, 2.05) is 43.3 Å². The summed E-state index contributed by atoms with van der Waals surface area (Å²) in [5, 5.41) is 0. The molecular formula is C21H23NO5S. The lowest BCUT2D eigenvalue weighted by molar-refractivity contribution is -0.269. The zero-order valence-corrected chi connectivity index (χ0v) is 17.0. The fourth-order valence-electron chi connectivity index (χ4n) is 2.53. The molecule has 0 saturated heterocycles. The molecule has 1 aromatic carbocycles.